The van der Waals surface area contributed by atoms with E-state index in [1.807, 2.05) is 29.5 Å². The predicted molar refractivity (Wildman–Crippen MR) is 207 cm³/mol. The lowest BCUT2D eigenvalue weighted by Crippen LogP contribution is -2.01. The SMILES string of the molecule is c1ccc(-c2nc(-c3ccc(-c4cccc5c4sc4ccccc45)cc3)nc(-c3c4ccccc4cc4c3ccc3ccccc34)n2)cc1. The lowest BCUT2D eigenvalue weighted by molar-refractivity contribution is 1.08. The Kier molecular flexibility index (Phi) is 6.36. The Labute approximate surface area is 286 Å². The summed E-state index contributed by atoms with van der Waals surface area (Å²) < 4.78 is 2.61. The number of rotatable bonds is 4. The Hall–Kier alpha value is -6.23. The van der Waals surface area contributed by atoms with E-state index in [0.717, 1.165) is 32.8 Å². The van der Waals surface area contributed by atoms with Gasteiger partial charge >= 0.3 is 0 Å². The van der Waals surface area contributed by atoms with E-state index >= 15 is 0 Å². The zero-order chi connectivity index (χ0) is 32.3. The fourth-order valence-corrected chi connectivity index (χ4v) is 8.41. The summed E-state index contributed by atoms with van der Waals surface area (Å²) in [7, 11) is 0. The summed E-state index contributed by atoms with van der Waals surface area (Å²) in [5.41, 5.74) is 5.33. The van der Waals surface area contributed by atoms with Gasteiger partial charge in [-0.1, -0.05) is 152 Å². The molecule has 49 heavy (non-hydrogen) atoms. The van der Waals surface area contributed by atoms with E-state index in [1.54, 1.807) is 0 Å². The monoisotopic (exact) mass is 641 g/mol. The topological polar surface area (TPSA) is 38.7 Å². The molecule has 0 saturated heterocycles. The summed E-state index contributed by atoms with van der Waals surface area (Å²) in [5, 5.41) is 9.62. The molecule has 0 atom stereocenters. The molecule has 0 bridgehead atoms. The highest BCUT2D eigenvalue weighted by Gasteiger charge is 2.18. The van der Waals surface area contributed by atoms with Crippen LogP contribution in [0, 0.1) is 0 Å². The van der Waals surface area contributed by atoms with E-state index in [9.17, 15) is 0 Å². The molecule has 0 amide bonds. The number of hydrogen-bond donors (Lipinski definition) is 0. The first-order chi connectivity index (χ1) is 24.3. The van der Waals surface area contributed by atoms with Gasteiger partial charge in [0.05, 0.1) is 0 Å². The molecule has 8 aromatic carbocycles. The average Bonchev–Trinajstić information content (AvgIpc) is 3.56. The number of fused-ring (bicyclic) bond motifs is 7. The van der Waals surface area contributed by atoms with E-state index in [2.05, 4.69) is 146 Å². The lowest BCUT2D eigenvalue weighted by atomic mass is 9.93. The number of aromatic nitrogens is 3. The van der Waals surface area contributed by atoms with Gasteiger partial charge < -0.3 is 0 Å². The van der Waals surface area contributed by atoms with Gasteiger partial charge in [-0.15, -0.1) is 11.3 Å². The minimum absolute atomic E-state index is 0.650. The van der Waals surface area contributed by atoms with Crippen LogP contribution in [0.2, 0.25) is 0 Å². The van der Waals surface area contributed by atoms with E-state index in [4.69, 9.17) is 15.0 Å². The fourth-order valence-electron chi connectivity index (χ4n) is 7.17. The van der Waals surface area contributed by atoms with Crippen LogP contribution in [0.1, 0.15) is 0 Å². The molecule has 0 aliphatic carbocycles. The molecular weight excluding hydrogens is 615 g/mol. The van der Waals surface area contributed by atoms with Crippen molar-refractivity contribution in [1.82, 2.24) is 15.0 Å². The molecule has 2 aromatic heterocycles. The molecule has 10 aromatic rings. The highest BCUT2D eigenvalue weighted by molar-refractivity contribution is 7.26. The number of nitrogens with zero attached hydrogens (tertiary/aromatic N) is 3. The lowest BCUT2D eigenvalue weighted by Gasteiger charge is -2.14. The Morgan fingerprint density at radius 2 is 0.959 bits per heavy atom. The third-order valence-electron chi connectivity index (χ3n) is 9.52. The summed E-state index contributed by atoms with van der Waals surface area (Å²) in [4.78, 5) is 15.5. The average molecular weight is 642 g/mol. The van der Waals surface area contributed by atoms with Crippen molar-refractivity contribution in [3.63, 3.8) is 0 Å². The van der Waals surface area contributed by atoms with Gasteiger partial charge in [-0.2, -0.15) is 0 Å². The van der Waals surface area contributed by atoms with Gasteiger partial charge in [-0.05, 0) is 55.6 Å². The molecule has 0 radical (unpaired) electrons. The molecule has 4 heteroatoms. The van der Waals surface area contributed by atoms with Gasteiger partial charge in [0.1, 0.15) is 0 Å². The summed E-state index contributed by atoms with van der Waals surface area (Å²) in [5.74, 6) is 1.97. The third-order valence-corrected chi connectivity index (χ3v) is 10.7. The zero-order valence-corrected chi connectivity index (χ0v) is 27.2. The predicted octanol–water partition coefficient (Wildman–Crippen LogP) is 12.4. The molecular formula is C45H27N3S. The van der Waals surface area contributed by atoms with Crippen LogP contribution in [-0.2, 0) is 0 Å². The molecule has 0 N–H and O–H groups in total. The van der Waals surface area contributed by atoms with Crippen LogP contribution >= 0.6 is 11.3 Å². The molecule has 0 saturated carbocycles. The van der Waals surface area contributed by atoms with Crippen molar-refractivity contribution in [2.45, 2.75) is 0 Å². The van der Waals surface area contributed by atoms with Gasteiger partial charge in [0, 0.05) is 36.9 Å². The Morgan fingerprint density at radius 3 is 1.78 bits per heavy atom. The molecule has 2 heterocycles. The normalized spacial score (nSPS) is 11.7. The van der Waals surface area contributed by atoms with Crippen LogP contribution < -0.4 is 0 Å². The minimum Gasteiger partial charge on any atom is -0.208 e. The van der Waals surface area contributed by atoms with Crippen molar-refractivity contribution in [2.75, 3.05) is 0 Å². The van der Waals surface area contributed by atoms with Crippen molar-refractivity contribution in [1.29, 1.82) is 0 Å². The maximum atomic E-state index is 5.24. The van der Waals surface area contributed by atoms with E-state index < -0.39 is 0 Å². The second kappa shape index (κ2) is 11.2. The van der Waals surface area contributed by atoms with Crippen molar-refractivity contribution in [2.24, 2.45) is 0 Å². The second-order valence-corrected chi connectivity index (χ2v) is 13.4. The van der Waals surface area contributed by atoms with E-state index in [1.165, 1.54) is 47.5 Å². The quantitative estimate of drug-likeness (QED) is 0.142. The molecule has 0 fully saturated rings. The van der Waals surface area contributed by atoms with Gasteiger partial charge in [-0.25, -0.2) is 15.0 Å². The van der Waals surface area contributed by atoms with Crippen LogP contribution in [-0.4, -0.2) is 15.0 Å². The van der Waals surface area contributed by atoms with Crippen molar-refractivity contribution in [3.8, 4) is 45.3 Å². The molecule has 0 aliphatic heterocycles. The van der Waals surface area contributed by atoms with Gasteiger partial charge in [0.15, 0.2) is 17.5 Å². The first-order valence-electron chi connectivity index (χ1n) is 16.4. The Balaban J connectivity index is 1.18. The summed E-state index contributed by atoms with van der Waals surface area (Å²) >= 11 is 1.85. The number of thiophene rings is 1. The van der Waals surface area contributed by atoms with E-state index in [0.29, 0.717) is 17.5 Å². The van der Waals surface area contributed by atoms with Crippen molar-refractivity contribution < 1.29 is 0 Å². The molecule has 0 unspecified atom stereocenters. The zero-order valence-electron chi connectivity index (χ0n) is 26.3. The molecule has 3 nitrogen and oxygen atoms in total. The minimum atomic E-state index is 0.650. The maximum Gasteiger partial charge on any atom is 0.165 e. The van der Waals surface area contributed by atoms with Crippen LogP contribution in [0.5, 0.6) is 0 Å². The van der Waals surface area contributed by atoms with Crippen LogP contribution in [0.25, 0.3) is 97.8 Å². The summed E-state index contributed by atoms with van der Waals surface area (Å²) in [6.45, 7) is 0. The standard InChI is InChI=1S/C45H27N3S/c1-2-12-30(13-3-1)43-46-44(31-23-21-29(22-24-31)35-18-10-19-38-36-17-8-9-20-40(36)49-42(35)38)48-45(47-43)41-34-16-7-5-14-32(34)27-39-33-15-6-4-11-28(33)25-26-37(39)41/h1-27H. The largest absolute Gasteiger partial charge is 0.208 e. The van der Waals surface area contributed by atoms with E-state index in [-0.39, 0.29) is 0 Å². The Morgan fingerprint density at radius 1 is 0.347 bits per heavy atom. The summed E-state index contributed by atoms with van der Waals surface area (Å²) in [6, 6.07) is 58.0. The fraction of sp³-hybridized carbons (Fsp3) is 0. The first-order valence-corrected chi connectivity index (χ1v) is 17.3. The maximum absolute atomic E-state index is 5.24. The second-order valence-electron chi connectivity index (χ2n) is 12.4. The highest BCUT2D eigenvalue weighted by Crippen LogP contribution is 2.41. The first kappa shape index (κ1) is 27.8. The van der Waals surface area contributed by atoms with Crippen LogP contribution in [0.4, 0.5) is 0 Å². The molecule has 0 aliphatic rings. The van der Waals surface area contributed by atoms with Crippen molar-refractivity contribution in [3.05, 3.63) is 164 Å². The molecule has 228 valence electrons. The number of benzene rings is 8. The highest BCUT2D eigenvalue weighted by atomic mass is 32.1. The smallest absolute Gasteiger partial charge is 0.165 e. The Bertz CT molecular complexity index is 2870. The van der Waals surface area contributed by atoms with Gasteiger partial charge in [0.25, 0.3) is 0 Å². The molecule has 0 spiro atoms. The van der Waals surface area contributed by atoms with Gasteiger partial charge in [-0.3, -0.25) is 0 Å². The summed E-state index contributed by atoms with van der Waals surface area (Å²) in [6.07, 6.45) is 0. The van der Waals surface area contributed by atoms with Crippen LogP contribution in [0.3, 0.4) is 0 Å². The number of hydrogen-bond acceptors (Lipinski definition) is 4. The van der Waals surface area contributed by atoms with Crippen molar-refractivity contribution >= 4 is 63.8 Å². The van der Waals surface area contributed by atoms with Crippen LogP contribution in [0.15, 0.2) is 164 Å². The molecule has 10 rings (SSSR count). The van der Waals surface area contributed by atoms with Gasteiger partial charge in [0.2, 0.25) is 0 Å². The third kappa shape index (κ3) is 4.61.